The fraction of sp³-hybridized carbons (Fsp3) is 0.846. The second-order valence-corrected chi connectivity index (χ2v) is 23.0. The molecule has 0 fully saturated rings. The molecule has 0 saturated heterocycles. The van der Waals surface area contributed by atoms with Gasteiger partial charge < -0.3 is 44.0 Å². The zero-order valence-corrected chi connectivity index (χ0v) is 42.1. The highest BCUT2D eigenvalue weighted by Crippen LogP contribution is 2.43. The molecule has 0 bridgehead atoms. The Morgan fingerprint density at radius 3 is 1.90 bits per heavy atom. The summed E-state index contributed by atoms with van der Waals surface area (Å²) in [6, 6.07) is -0.559. The second kappa shape index (κ2) is 29.2. The molecule has 0 spiro atoms. The van der Waals surface area contributed by atoms with Crippen LogP contribution in [0.15, 0.2) is 0 Å². The third-order valence-corrected chi connectivity index (χ3v) is 14.1. The Labute approximate surface area is 366 Å². The molecule has 0 radical (unpaired) electrons. The molecule has 338 valence electrons. The molecule has 2 N–H and O–H groups in total. The summed E-state index contributed by atoms with van der Waals surface area (Å²) in [6.07, 6.45) is 2.82. The summed E-state index contributed by atoms with van der Waals surface area (Å²) in [7, 11) is 5.88. The topological polar surface area (TPSA) is 185 Å². The number of likely N-dealkylation sites (N-methyl/N-ethyl adjacent to an activating group) is 1. The van der Waals surface area contributed by atoms with Crippen molar-refractivity contribution < 1.29 is 57.2 Å². The third-order valence-electron chi connectivity index (χ3n) is 9.28. The van der Waals surface area contributed by atoms with Gasteiger partial charge in [-0.15, -0.1) is 17.8 Å². The van der Waals surface area contributed by atoms with Crippen LogP contribution in [0.5, 0.6) is 0 Å². The van der Waals surface area contributed by atoms with Crippen molar-refractivity contribution in [1.29, 1.82) is 0 Å². The highest BCUT2D eigenvalue weighted by molar-refractivity contribution is 14.1. The lowest BCUT2D eigenvalue weighted by Gasteiger charge is -2.36. The average Bonchev–Trinajstić information content (AvgIpc) is 3.14. The molecule has 0 aromatic rings. The summed E-state index contributed by atoms with van der Waals surface area (Å²) in [6.45, 7) is 17.1. The number of nitrogens with zero attached hydrogens (tertiary/aromatic N) is 1. The number of hydrogen-bond acceptors (Lipinski definition) is 13. The van der Waals surface area contributed by atoms with Crippen LogP contribution in [0.1, 0.15) is 67.7 Å². The van der Waals surface area contributed by atoms with Crippen LogP contribution in [0.3, 0.4) is 0 Å². The number of Topliss-reactive ketones (excluding diaryl/α,β-unsaturated/α-hetero) is 1. The number of ether oxygens (including phenoxy) is 6. The summed E-state index contributed by atoms with van der Waals surface area (Å²) < 4.78 is 34.8. The van der Waals surface area contributed by atoms with E-state index in [9.17, 15) is 28.8 Å². The van der Waals surface area contributed by atoms with E-state index in [1.807, 2.05) is 75.7 Å². The number of esters is 3. The van der Waals surface area contributed by atoms with Crippen molar-refractivity contribution in [3.63, 3.8) is 0 Å². The Kier molecular flexibility index (Phi) is 28.7. The maximum atomic E-state index is 13.3. The highest BCUT2D eigenvalue weighted by Gasteiger charge is 2.42. The molecule has 0 saturated carbocycles. The number of amides is 2. The Bertz CT molecular complexity index is 1250. The number of nitrogens with one attached hydrogen (secondary N) is 2. The van der Waals surface area contributed by atoms with Crippen molar-refractivity contribution >= 4 is 83.8 Å². The normalized spacial score (nSPS) is 14.0. The Hall–Kier alpha value is -1.12. The van der Waals surface area contributed by atoms with E-state index in [1.165, 1.54) is 0 Å². The van der Waals surface area contributed by atoms with Crippen LogP contribution in [-0.2, 0) is 57.2 Å². The summed E-state index contributed by atoms with van der Waals surface area (Å²) in [4.78, 5) is 78.8. The van der Waals surface area contributed by atoms with Crippen molar-refractivity contribution in [3.8, 4) is 0 Å². The van der Waals surface area contributed by atoms with E-state index in [0.717, 1.165) is 6.16 Å². The quantitative estimate of drug-likeness (QED) is 0.0242. The van der Waals surface area contributed by atoms with Crippen LogP contribution in [0.25, 0.3) is 0 Å². The minimum Gasteiger partial charge on any atom is -0.464 e. The lowest BCUT2D eigenvalue weighted by atomic mass is 9.89. The molecule has 2 amide bonds. The van der Waals surface area contributed by atoms with E-state index in [0.29, 0.717) is 47.3 Å². The van der Waals surface area contributed by atoms with E-state index in [2.05, 4.69) is 19.9 Å². The predicted octanol–water partition coefficient (Wildman–Crippen LogP) is 3.89. The Balaban J connectivity index is 5.35. The number of hydrogen-bond donors (Lipinski definition) is 2. The molecule has 0 aromatic carbocycles. The maximum Gasteiger partial charge on any atom is 0.315 e. The smallest absolute Gasteiger partial charge is 0.315 e. The number of carbonyl (C=O) groups excluding carboxylic acids is 6. The van der Waals surface area contributed by atoms with Gasteiger partial charge in [-0.05, 0) is 94.1 Å². The van der Waals surface area contributed by atoms with Crippen LogP contribution < -0.4 is 10.6 Å². The summed E-state index contributed by atoms with van der Waals surface area (Å²) >= 11 is 1.96. The zero-order chi connectivity index (χ0) is 44.6. The van der Waals surface area contributed by atoms with Gasteiger partial charge in [0.25, 0.3) is 0 Å². The van der Waals surface area contributed by atoms with Crippen LogP contribution in [0.2, 0.25) is 0 Å². The van der Waals surface area contributed by atoms with Crippen molar-refractivity contribution in [2.24, 2.45) is 10.8 Å². The van der Waals surface area contributed by atoms with Gasteiger partial charge in [-0.25, -0.2) is 0 Å². The van der Waals surface area contributed by atoms with Gasteiger partial charge in [0.2, 0.25) is 11.8 Å². The molecule has 0 aromatic heterocycles. The molecule has 0 aliphatic heterocycles. The molecular formula is C39H73IN3O12P3. The molecule has 0 heterocycles. The zero-order valence-electron chi connectivity index (χ0n) is 36.8. The van der Waals surface area contributed by atoms with E-state index in [4.69, 9.17) is 28.4 Å². The Morgan fingerprint density at radius 2 is 1.36 bits per heavy atom. The lowest BCUT2D eigenvalue weighted by Crippen LogP contribution is -2.47. The molecule has 0 aliphatic rings. The van der Waals surface area contributed by atoms with Crippen molar-refractivity contribution in [3.05, 3.63) is 0 Å². The maximum absolute atomic E-state index is 13.3. The summed E-state index contributed by atoms with van der Waals surface area (Å²) in [5.74, 6) is -1.99. The molecule has 15 nitrogen and oxygen atoms in total. The van der Waals surface area contributed by atoms with Crippen LogP contribution >= 0.6 is 48.3 Å². The molecule has 0 rings (SSSR count). The number of rotatable bonds is 33. The van der Waals surface area contributed by atoms with Gasteiger partial charge in [-0.3, -0.25) is 28.8 Å². The minimum atomic E-state index is -1.31. The fourth-order valence-electron chi connectivity index (χ4n) is 4.96. The van der Waals surface area contributed by atoms with Gasteiger partial charge in [-0.2, -0.15) is 0 Å². The first-order valence-corrected chi connectivity index (χ1v) is 25.5. The average molecular weight is 996 g/mol. The first-order chi connectivity index (χ1) is 27.0. The monoisotopic (exact) mass is 995 g/mol. The molecule has 0 aliphatic carbocycles. The van der Waals surface area contributed by atoms with Crippen LogP contribution in [0, 0.1) is 10.8 Å². The molecule has 4 unspecified atom stereocenters. The number of alkyl halides is 1. The Morgan fingerprint density at radius 1 is 0.793 bits per heavy atom. The van der Waals surface area contributed by atoms with E-state index in [1.54, 1.807) is 27.7 Å². The molecule has 4 atom stereocenters. The first-order valence-electron chi connectivity index (χ1n) is 19.7. The van der Waals surface area contributed by atoms with E-state index < -0.39 is 58.9 Å². The predicted molar refractivity (Wildman–Crippen MR) is 243 cm³/mol. The van der Waals surface area contributed by atoms with Crippen molar-refractivity contribution in [2.45, 2.75) is 84.1 Å². The van der Waals surface area contributed by atoms with Gasteiger partial charge in [0.05, 0.1) is 52.0 Å². The number of carbonyl (C=O) groups is 6. The molecule has 58 heavy (non-hydrogen) atoms. The minimum absolute atomic E-state index is 0.0451. The third kappa shape index (κ3) is 23.2. The van der Waals surface area contributed by atoms with Gasteiger partial charge in [-0.1, -0.05) is 37.4 Å². The fourth-order valence-corrected chi connectivity index (χ4v) is 7.43. The largest absolute Gasteiger partial charge is 0.464 e. The van der Waals surface area contributed by atoms with Gasteiger partial charge in [0.15, 0.2) is 5.78 Å². The van der Waals surface area contributed by atoms with Crippen LogP contribution in [0.4, 0.5) is 0 Å². The molecule has 19 heteroatoms. The highest BCUT2D eigenvalue weighted by atomic mass is 127. The van der Waals surface area contributed by atoms with Crippen LogP contribution in [-0.4, -0.2) is 173 Å². The number of ketones is 1. The van der Waals surface area contributed by atoms with Gasteiger partial charge >= 0.3 is 17.9 Å². The molecular weight excluding hydrogens is 922 g/mol. The lowest BCUT2D eigenvalue weighted by molar-refractivity contribution is -0.174. The summed E-state index contributed by atoms with van der Waals surface area (Å²) in [5, 5.41) is 3.98. The van der Waals surface area contributed by atoms with E-state index >= 15 is 0 Å². The SMILES string of the molecule is CCPC(C)(C)C(=O)OCC(COCC(=O)NCCOCCOCCCC(=O)C(CN(C)C)NC(=O)CI)(COC(=O)C(C)(C)CCP)COC(=O)C(C)(C)P(C)C. The van der Waals surface area contributed by atoms with Crippen molar-refractivity contribution in [2.75, 3.05) is 117 Å². The van der Waals surface area contributed by atoms with E-state index in [-0.39, 0.29) is 75.3 Å². The summed E-state index contributed by atoms with van der Waals surface area (Å²) in [5.41, 5.74) is -2.10. The van der Waals surface area contributed by atoms with Crippen molar-refractivity contribution in [1.82, 2.24) is 15.5 Å². The number of halogens is 1. The first kappa shape index (κ1) is 56.9. The second-order valence-electron chi connectivity index (χ2n) is 16.4. The standard InChI is InChI=1S/C39H73IN3O12P3/c1-12-57-37(4,5)34(48)54-27-39(26-53-33(47)36(2,3)15-21-56,28-55-35(49)38(6,7)58(10)11)25-52-24-32(46)41-16-18-51-20-19-50-17-13-14-30(44)29(23-43(8)9)42-31(45)22-40/h29,57H,12-28,56H2,1-11H3,(H,41,46)(H,42,45). The van der Waals surface area contributed by atoms with Gasteiger partial charge in [0, 0.05) is 26.1 Å². The van der Waals surface area contributed by atoms with Gasteiger partial charge in [0.1, 0.15) is 32.5 Å².